The van der Waals surface area contributed by atoms with Crippen LogP contribution in [-0.4, -0.2) is 17.0 Å². The van der Waals surface area contributed by atoms with Crippen molar-refractivity contribution in [3.63, 3.8) is 0 Å². The van der Waals surface area contributed by atoms with Crippen molar-refractivity contribution in [2.45, 2.75) is 20.0 Å². The normalized spacial score (nSPS) is 10.8. The highest BCUT2D eigenvalue weighted by atomic mass is 35.5. The van der Waals surface area contributed by atoms with E-state index in [0.29, 0.717) is 32.2 Å². The smallest absolute Gasteiger partial charge is 0.257 e. The zero-order chi connectivity index (χ0) is 18.7. The fraction of sp³-hybridized carbons (Fsp3) is 0.158. The molecule has 2 aromatic carbocycles. The van der Waals surface area contributed by atoms with Gasteiger partial charge in [0, 0.05) is 21.5 Å². The molecule has 0 aliphatic heterocycles. The Kier molecular flexibility index (Phi) is 5.81. The van der Waals surface area contributed by atoms with Gasteiger partial charge in [0.1, 0.15) is 5.75 Å². The van der Waals surface area contributed by atoms with Gasteiger partial charge in [-0.2, -0.15) is 0 Å². The van der Waals surface area contributed by atoms with Crippen LogP contribution in [0, 0.1) is 0 Å². The van der Waals surface area contributed by atoms with Crippen LogP contribution in [0.3, 0.4) is 0 Å². The summed E-state index contributed by atoms with van der Waals surface area (Å²) in [6.07, 6.45) is 0.0407. The molecule has 0 unspecified atom stereocenters. The van der Waals surface area contributed by atoms with E-state index in [1.165, 1.54) is 11.3 Å². The third-order valence-electron chi connectivity index (χ3n) is 3.40. The van der Waals surface area contributed by atoms with Gasteiger partial charge < -0.3 is 4.74 Å². The average molecular weight is 407 g/mol. The number of nitrogens with zero attached hydrogens (tertiary/aromatic N) is 1. The largest absolute Gasteiger partial charge is 0.491 e. The Balaban J connectivity index is 1.76. The minimum Gasteiger partial charge on any atom is -0.491 e. The van der Waals surface area contributed by atoms with E-state index in [-0.39, 0.29) is 12.0 Å². The summed E-state index contributed by atoms with van der Waals surface area (Å²) in [5, 5.41) is 6.21. The number of thiazole rings is 1. The number of ether oxygens (including phenoxy) is 1. The van der Waals surface area contributed by atoms with Gasteiger partial charge in [-0.1, -0.05) is 29.3 Å². The maximum absolute atomic E-state index is 12.5. The Hall–Kier alpha value is -2.08. The summed E-state index contributed by atoms with van der Waals surface area (Å²) >= 11 is 13.5. The Morgan fingerprint density at radius 1 is 1.19 bits per heavy atom. The van der Waals surface area contributed by atoms with Gasteiger partial charge >= 0.3 is 0 Å². The van der Waals surface area contributed by atoms with Crippen LogP contribution in [0.1, 0.15) is 24.2 Å². The SMILES string of the molecule is CC(C)Oc1cccc(C(=O)Nc2nc(-c3ccc(Cl)cc3Cl)cs2)c1. The van der Waals surface area contributed by atoms with Gasteiger partial charge in [-0.15, -0.1) is 11.3 Å². The molecule has 1 amide bonds. The fourth-order valence-corrected chi connectivity index (χ4v) is 3.52. The van der Waals surface area contributed by atoms with E-state index in [4.69, 9.17) is 27.9 Å². The molecule has 7 heteroatoms. The number of halogens is 2. The Morgan fingerprint density at radius 3 is 2.73 bits per heavy atom. The number of nitrogens with one attached hydrogen (secondary N) is 1. The van der Waals surface area contributed by atoms with E-state index in [1.54, 1.807) is 36.4 Å². The molecule has 3 rings (SSSR count). The molecule has 0 saturated carbocycles. The third-order valence-corrected chi connectivity index (χ3v) is 4.71. The minimum absolute atomic E-state index is 0.0407. The van der Waals surface area contributed by atoms with Crippen molar-refractivity contribution in [1.82, 2.24) is 4.98 Å². The third kappa shape index (κ3) is 4.55. The number of aromatic nitrogens is 1. The van der Waals surface area contributed by atoms with Crippen molar-refractivity contribution >= 4 is 45.6 Å². The quantitative estimate of drug-likeness (QED) is 0.551. The molecule has 1 heterocycles. The monoisotopic (exact) mass is 406 g/mol. The van der Waals surface area contributed by atoms with Gasteiger partial charge in [-0.05, 0) is 50.2 Å². The second-order valence-electron chi connectivity index (χ2n) is 5.81. The highest BCUT2D eigenvalue weighted by Crippen LogP contribution is 2.32. The van der Waals surface area contributed by atoms with Crippen LogP contribution in [-0.2, 0) is 0 Å². The first-order valence-corrected chi connectivity index (χ1v) is 9.55. The average Bonchev–Trinajstić information content (AvgIpc) is 3.02. The van der Waals surface area contributed by atoms with Gasteiger partial charge in [-0.25, -0.2) is 4.98 Å². The van der Waals surface area contributed by atoms with E-state index >= 15 is 0 Å². The van der Waals surface area contributed by atoms with Crippen LogP contribution in [0.2, 0.25) is 10.0 Å². The summed E-state index contributed by atoms with van der Waals surface area (Å²) in [6, 6.07) is 12.3. The molecule has 26 heavy (non-hydrogen) atoms. The number of rotatable bonds is 5. The molecule has 0 fully saturated rings. The maximum atomic E-state index is 12.5. The van der Waals surface area contributed by atoms with Crippen LogP contribution in [0.4, 0.5) is 5.13 Å². The molecule has 0 saturated heterocycles. The molecule has 134 valence electrons. The molecule has 0 aliphatic carbocycles. The molecule has 0 atom stereocenters. The van der Waals surface area contributed by atoms with Gasteiger partial charge in [-0.3, -0.25) is 10.1 Å². The number of hydrogen-bond acceptors (Lipinski definition) is 4. The zero-order valence-corrected chi connectivity index (χ0v) is 16.5. The number of amides is 1. The predicted octanol–water partition coefficient (Wildman–Crippen LogP) is 6.16. The van der Waals surface area contributed by atoms with E-state index in [9.17, 15) is 4.79 Å². The lowest BCUT2D eigenvalue weighted by Gasteiger charge is -2.10. The molecule has 4 nitrogen and oxygen atoms in total. The van der Waals surface area contributed by atoms with Crippen molar-refractivity contribution < 1.29 is 9.53 Å². The number of benzene rings is 2. The van der Waals surface area contributed by atoms with Crippen molar-refractivity contribution in [3.05, 3.63) is 63.5 Å². The topological polar surface area (TPSA) is 51.2 Å². The second kappa shape index (κ2) is 8.08. The highest BCUT2D eigenvalue weighted by molar-refractivity contribution is 7.14. The van der Waals surface area contributed by atoms with Crippen LogP contribution < -0.4 is 10.1 Å². The Labute approximate surface area is 165 Å². The molecular formula is C19H16Cl2N2O2S. The van der Waals surface area contributed by atoms with Crippen molar-refractivity contribution in [2.75, 3.05) is 5.32 Å². The fourth-order valence-electron chi connectivity index (χ4n) is 2.30. The Bertz CT molecular complexity index is 941. The first kappa shape index (κ1) is 18.7. The van der Waals surface area contributed by atoms with E-state index in [0.717, 1.165) is 5.56 Å². The summed E-state index contributed by atoms with van der Waals surface area (Å²) in [6.45, 7) is 3.87. The first-order chi connectivity index (χ1) is 12.4. The van der Waals surface area contributed by atoms with Crippen LogP contribution >= 0.6 is 34.5 Å². The summed E-state index contributed by atoms with van der Waals surface area (Å²) in [4.78, 5) is 16.9. The van der Waals surface area contributed by atoms with Gasteiger partial charge in [0.15, 0.2) is 5.13 Å². The predicted molar refractivity (Wildman–Crippen MR) is 108 cm³/mol. The van der Waals surface area contributed by atoms with Crippen molar-refractivity contribution in [3.8, 4) is 17.0 Å². The number of hydrogen-bond donors (Lipinski definition) is 1. The highest BCUT2D eigenvalue weighted by Gasteiger charge is 2.13. The van der Waals surface area contributed by atoms with Crippen molar-refractivity contribution in [2.24, 2.45) is 0 Å². The molecule has 0 aliphatic rings. The Morgan fingerprint density at radius 2 is 2.00 bits per heavy atom. The molecule has 3 aromatic rings. The lowest BCUT2D eigenvalue weighted by atomic mass is 10.2. The summed E-state index contributed by atoms with van der Waals surface area (Å²) in [7, 11) is 0. The van der Waals surface area contributed by atoms with Crippen LogP contribution in [0.25, 0.3) is 11.3 Å². The van der Waals surface area contributed by atoms with E-state index < -0.39 is 0 Å². The molecule has 0 spiro atoms. The van der Waals surface area contributed by atoms with E-state index in [2.05, 4.69) is 10.3 Å². The molecule has 1 aromatic heterocycles. The lowest BCUT2D eigenvalue weighted by molar-refractivity contribution is 0.102. The van der Waals surface area contributed by atoms with Gasteiger partial charge in [0.2, 0.25) is 0 Å². The van der Waals surface area contributed by atoms with Gasteiger partial charge in [0.05, 0.1) is 16.8 Å². The summed E-state index contributed by atoms with van der Waals surface area (Å²) in [5.74, 6) is 0.405. The van der Waals surface area contributed by atoms with Crippen LogP contribution in [0.15, 0.2) is 47.8 Å². The number of anilines is 1. The molecule has 0 radical (unpaired) electrons. The number of carbonyl (C=O) groups is 1. The standard InChI is InChI=1S/C19H16Cl2N2O2S/c1-11(2)25-14-5-3-4-12(8-14)18(24)23-19-22-17(10-26-19)15-7-6-13(20)9-16(15)21/h3-11H,1-2H3,(H,22,23,24). The molecular weight excluding hydrogens is 391 g/mol. The lowest BCUT2D eigenvalue weighted by Crippen LogP contribution is -2.12. The van der Waals surface area contributed by atoms with Crippen LogP contribution in [0.5, 0.6) is 5.75 Å². The van der Waals surface area contributed by atoms with Crippen molar-refractivity contribution in [1.29, 1.82) is 0 Å². The zero-order valence-electron chi connectivity index (χ0n) is 14.1. The second-order valence-corrected chi connectivity index (χ2v) is 7.51. The summed E-state index contributed by atoms with van der Waals surface area (Å²) in [5.41, 5.74) is 1.95. The van der Waals surface area contributed by atoms with E-state index in [1.807, 2.05) is 25.3 Å². The summed E-state index contributed by atoms with van der Waals surface area (Å²) < 4.78 is 5.62. The van der Waals surface area contributed by atoms with Gasteiger partial charge in [0.25, 0.3) is 5.91 Å². The molecule has 1 N–H and O–H groups in total. The molecule has 0 bridgehead atoms. The maximum Gasteiger partial charge on any atom is 0.257 e. The minimum atomic E-state index is -0.248. The first-order valence-electron chi connectivity index (χ1n) is 7.91. The number of carbonyl (C=O) groups excluding carboxylic acids is 1.